The molecule has 106 valence electrons. The second-order valence-corrected chi connectivity index (χ2v) is 5.62. The van der Waals surface area contributed by atoms with Crippen molar-refractivity contribution in [3.8, 4) is 0 Å². The molecular formula is C13H21N3O3. The number of amides is 1. The zero-order valence-corrected chi connectivity index (χ0v) is 11.8. The van der Waals surface area contributed by atoms with E-state index in [-0.39, 0.29) is 12.0 Å². The Balaban J connectivity index is 2.07. The second kappa shape index (κ2) is 4.61. The van der Waals surface area contributed by atoms with Crippen LogP contribution in [0.2, 0.25) is 0 Å². The molecule has 1 aromatic rings. The van der Waals surface area contributed by atoms with Gasteiger partial charge in [0.1, 0.15) is 11.3 Å². The molecule has 0 bridgehead atoms. The highest BCUT2D eigenvalue weighted by atomic mass is 16.5. The van der Waals surface area contributed by atoms with E-state index < -0.39 is 11.0 Å². The lowest BCUT2D eigenvalue weighted by atomic mass is 9.54. The first-order valence-corrected chi connectivity index (χ1v) is 6.46. The van der Waals surface area contributed by atoms with Crippen molar-refractivity contribution in [3.63, 3.8) is 0 Å². The lowest BCUT2D eigenvalue weighted by molar-refractivity contribution is -0.166. The number of hydrogen-bond donors (Lipinski definition) is 2. The van der Waals surface area contributed by atoms with Gasteiger partial charge in [-0.05, 0) is 13.8 Å². The molecule has 2 unspecified atom stereocenters. The zero-order chi connectivity index (χ0) is 14.3. The van der Waals surface area contributed by atoms with Gasteiger partial charge in [0.15, 0.2) is 5.82 Å². The van der Waals surface area contributed by atoms with Crippen LogP contribution < -0.4 is 11.1 Å². The number of nitrogens with one attached hydrogen (secondary N) is 1. The van der Waals surface area contributed by atoms with Gasteiger partial charge in [-0.3, -0.25) is 4.79 Å². The molecule has 1 amide bonds. The third kappa shape index (κ3) is 2.15. The van der Waals surface area contributed by atoms with Crippen LogP contribution in [0.4, 0.5) is 5.82 Å². The average molecular weight is 267 g/mol. The molecule has 1 fully saturated rings. The molecule has 1 aliphatic rings. The molecule has 0 aliphatic heterocycles. The summed E-state index contributed by atoms with van der Waals surface area (Å²) in [6.07, 6.45) is 0.517. The highest BCUT2D eigenvalue weighted by Crippen LogP contribution is 2.50. The van der Waals surface area contributed by atoms with E-state index in [0.29, 0.717) is 24.6 Å². The molecule has 2 rings (SSSR count). The second-order valence-electron chi connectivity index (χ2n) is 5.62. The molecule has 1 heterocycles. The maximum absolute atomic E-state index is 12.3. The van der Waals surface area contributed by atoms with E-state index in [9.17, 15) is 4.79 Å². The number of anilines is 1. The van der Waals surface area contributed by atoms with Crippen LogP contribution in [0.25, 0.3) is 0 Å². The van der Waals surface area contributed by atoms with E-state index in [2.05, 4.69) is 10.5 Å². The highest BCUT2D eigenvalue weighted by Gasteiger charge is 2.62. The fourth-order valence-electron chi connectivity index (χ4n) is 2.47. The largest absolute Gasteiger partial charge is 0.378 e. The van der Waals surface area contributed by atoms with Gasteiger partial charge in [-0.2, -0.15) is 0 Å². The summed E-state index contributed by atoms with van der Waals surface area (Å²) in [4.78, 5) is 12.3. The maximum Gasteiger partial charge on any atom is 0.246 e. The fraction of sp³-hybridized carbons (Fsp3) is 0.692. The Bertz CT molecular complexity index is 483. The monoisotopic (exact) mass is 267 g/mol. The summed E-state index contributed by atoms with van der Waals surface area (Å²) < 4.78 is 10.5. The smallest absolute Gasteiger partial charge is 0.246 e. The topological polar surface area (TPSA) is 90.4 Å². The Morgan fingerprint density at radius 2 is 2.37 bits per heavy atom. The molecule has 1 aromatic heterocycles. The Morgan fingerprint density at radius 3 is 2.84 bits per heavy atom. The van der Waals surface area contributed by atoms with Crippen molar-refractivity contribution in [1.82, 2.24) is 5.16 Å². The summed E-state index contributed by atoms with van der Waals surface area (Å²) in [6.45, 7) is 8.22. The van der Waals surface area contributed by atoms with Gasteiger partial charge >= 0.3 is 0 Å². The lowest BCUT2D eigenvalue weighted by Gasteiger charge is -2.57. The predicted molar refractivity (Wildman–Crippen MR) is 70.6 cm³/mol. The van der Waals surface area contributed by atoms with Crippen LogP contribution in [-0.2, 0) is 9.53 Å². The third-order valence-corrected chi connectivity index (χ3v) is 4.10. The van der Waals surface area contributed by atoms with E-state index in [1.165, 1.54) is 0 Å². The van der Waals surface area contributed by atoms with Gasteiger partial charge < -0.3 is 20.3 Å². The zero-order valence-electron chi connectivity index (χ0n) is 11.8. The van der Waals surface area contributed by atoms with Crippen LogP contribution in [-0.4, -0.2) is 29.3 Å². The SMILES string of the molecule is CCOC1CC(N)(C(=O)Nc2cc(C)on2)C1(C)C. The molecule has 2 atom stereocenters. The van der Waals surface area contributed by atoms with Gasteiger partial charge in [-0.25, -0.2) is 0 Å². The van der Waals surface area contributed by atoms with Crippen LogP contribution in [0.15, 0.2) is 10.6 Å². The van der Waals surface area contributed by atoms with Crippen LogP contribution in [0.1, 0.15) is 33.0 Å². The van der Waals surface area contributed by atoms with Crippen molar-refractivity contribution in [2.24, 2.45) is 11.1 Å². The molecule has 6 nitrogen and oxygen atoms in total. The van der Waals surface area contributed by atoms with E-state index in [4.69, 9.17) is 15.0 Å². The van der Waals surface area contributed by atoms with Crippen molar-refractivity contribution >= 4 is 11.7 Å². The Labute approximate surface area is 112 Å². The average Bonchev–Trinajstić information content (AvgIpc) is 2.74. The first-order chi connectivity index (χ1) is 8.81. The number of rotatable bonds is 4. The summed E-state index contributed by atoms with van der Waals surface area (Å²) in [7, 11) is 0. The Kier molecular flexibility index (Phi) is 3.40. The van der Waals surface area contributed by atoms with E-state index in [1.54, 1.807) is 13.0 Å². The fourth-order valence-corrected chi connectivity index (χ4v) is 2.47. The van der Waals surface area contributed by atoms with E-state index in [0.717, 1.165) is 0 Å². The number of ether oxygens (including phenoxy) is 1. The Morgan fingerprint density at radius 1 is 1.68 bits per heavy atom. The molecule has 3 N–H and O–H groups in total. The molecule has 0 radical (unpaired) electrons. The van der Waals surface area contributed by atoms with Crippen LogP contribution in [0, 0.1) is 12.3 Å². The summed E-state index contributed by atoms with van der Waals surface area (Å²) in [5, 5.41) is 6.44. The lowest BCUT2D eigenvalue weighted by Crippen LogP contribution is -2.74. The number of carbonyl (C=O) groups excluding carboxylic acids is 1. The molecule has 0 spiro atoms. The molecular weight excluding hydrogens is 246 g/mol. The summed E-state index contributed by atoms with van der Waals surface area (Å²) >= 11 is 0. The predicted octanol–water partition coefficient (Wildman–Crippen LogP) is 1.45. The first kappa shape index (κ1) is 14.0. The van der Waals surface area contributed by atoms with Gasteiger partial charge in [0.25, 0.3) is 0 Å². The number of aromatic nitrogens is 1. The quantitative estimate of drug-likeness (QED) is 0.861. The van der Waals surface area contributed by atoms with Crippen molar-refractivity contribution < 1.29 is 14.1 Å². The van der Waals surface area contributed by atoms with Gasteiger partial charge in [-0.1, -0.05) is 19.0 Å². The third-order valence-electron chi connectivity index (χ3n) is 4.10. The molecule has 19 heavy (non-hydrogen) atoms. The van der Waals surface area contributed by atoms with E-state index in [1.807, 2.05) is 20.8 Å². The molecule has 1 saturated carbocycles. The van der Waals surface area contributed by atoms with Gasteiger partial charge in [0.05, 0.1) is 6.10 Å². The summed E-state index contributed by atoms with van der Waals surface area (Å²) in [5.41, 5.74) is 4.89. The van der Waals surface area contributed by atoms with Gasteiger partial charge in [0, 0.05) is 24.5 Å². The van der Waals surface area contributed by atoms with Crippen molar-refractivity contribution in [3.05, 3.63) is 11.8 Å². The number of nitrogens with zero attached hydrogens (tertiary/aromatic N) is 1. The highest BCUT2D eigenvalue weighted by molar-refractivity contribution is 5.99. The van der Waals surface area contributed by atoms with Crippen molar-refractivity contribution in [2.75, 3.05) is 11.9 Å². The molecule has 1 aliphatic carbocycles. The Hall–Kier alpha value is -1.40. The minimum Gasteiger partial charge on any atom is -0.378 e. The number of aryl methyl sites for hydroxylation is 1. The number of carbonyl (C=O) groups is 1. The van der Waals surface area contributed by atoms with Crippen LogP contribution >= 0.6 is 0 Å². The summed E-state index contributed by atoms with van der Waals surface area (Å²) in [5.74, 6) is 0.783. The summed E-state index contributed by atoms with van der Waals surface area (Å²) in [6, 6.07) is 1.66. The van der Waals surface area contributed by atoms with Gasteiger partial charge in [-0.15, -0.1) is 0 Å². The van der Waals surface area contributed by atoms with Crippen LogP contribution in [0.3, 0.4) is 0 Å². The minimum atomic E-state index is -0.945. The normalized spacial score (nSPS) is 28.8. The van der Waals surface area contributed by atoms with Crippen molar-refractivity contribution in [2.45, 2.75) is 45.8 Å². The number of nitrogens with two attached hydrogens (primary N) is 1. The molecule has 0 aromatic carbocycles. The number of hydrogen-bond acceptors (Lipinski definition) is 5. The van der Waals surface area contributed by atoms with E-state index >= 15 is 0 Å². The minimum absolute atomic E-state index is 0.00675. The molecule has 6 heteroatoms. The van der Waals surface area contributed by atoms with Crippen LogP contribution in [0.5, 0.6) is 0 Å². The van der Waals surface area contributed by atoms with Gasteiger partial charge in [0.2, 0.25) is 5.91 Å². The maximum atomic E-state index is 12.3. The molecule has 0 saturated heterocycles. The standard InChI is InChI=1S/C13H21N3O3/c1-5-18-9-7-13(14,12(9,3)4)11(17)15-10-6-8(2)19-16-10/h6,9H,5,7,14H2,1-4H3,(H,15,16,17). The first-order valence-electron chi connectivity index (χ1n) is 6.46. The van der Waals surface area contributed by atoms with Crippen molar-refractivity contribution in [1.29, 1.82) is 0 Å².